The van der Waals surface area contributed by atoms with Gasteiger partial charge in [-0.2, -0.15) is 0 Å². The van der Waals surface area contributed by atoms with Crippen LogP contribution in [-0.4, -0.2) is 24.5 Å². The number of hydrogen-bond acceptors (Lipinski definition) is 2. The highest BCUT2D eigenvalue weighted by Crippen LogP contribution is 2.16. The van der Waals surface area contributed by atoms with Crippen LogP contribution in [0.1, 0.15) is 28.4 Å². The minimum Gasteiger partial charge on any atom is -0.497 e. The summed E-state index contributed by atoms with van der Waals surface area (Å²) in [6.07, 6.45) is 0. The van der Waals surface area contributed by atoms with Gasteiger partial charge in [0.2, 0.25) is 0 Å². The van der Waals surface area contributed by atoms with Gasteiger partial charge < -0.3 is 9.64 Å². The Labute approximate surface area is 126 Å². The number of carbonyl (C=O) groups excluding carboxylic acids is 1. The molecule has 0 aromatic heterocycles. The van der Waals surface area contributed by atoms with Crippen LogP contribution in [0, 0.1) is 6.92 Å². The van der Waals surface area contributed by atoms with Crippen molar-refractivity contribution in [1.82, 2.24) is 4.90 Å². The molecule has 2 rings (SSSR count). The molecule has 0 aliphatic carbocycles. The molecule has 0 saturated carbocycles. The first-order chi connectivity index (χ1) is 10.2. The summed E-state index contributed by atoms with van der Waals surface area (Å²) in [6.45, 7) is 5.25. The lowest BCUT2D eigenvalue weighted by Gasteiger charge is -2.22. The first-order valence-corrected chi connectivity index (χ1v) is 7.13. The van der Waals surface area contributed by atoms with E-state index in [0.29, 0.717) is 13.1 Å². The summed E-state index contributed by atoms with van der Waals surface area (Å²) in [5.41, 5.74) is 2.88. The first kappa shape index (κ1) is 15.1. The number of nitrogens with zero attached hydrogens (tertiary/aromatic N) is 1. The third kappa shape index (κ3) is 3.63. The van der Waals surface area contributed by atoms with Crippen LogP contribution in [0.2, 0.25) is 0 Å². The van der Waals surface area contributed by atoms with Crippen molar-refractivity contribution in [2.24, 2.45) is 0 Å². The summed E-state index contributed by atoms with van der Waals surface area (Å²) < 4.78 is 5.15. The van der Waals surface area contributed by atoms with Gasteiger partial charge in [-0.15, -0.1) is 0 Å². The molecule has 2 aromatic rings. The molecule has 0 aliphatic rings. The molecule has 21 heavy (non-hydrogen) atoms. The second kappa shape index (κ2) is 6.93. The van der Waals surface area contributed by atoms with E-state index in [1.54, 1.807) is 7.11 Å². The molecule has 0 unspecified atom stereocenters. The van der Waals surface area contributed by atoms with Crippen molar-refractivity contribution in [3.63, 3.8) is 0 Å². The predicted molar refractivity (Wildman–Crippen MR) is 84.6 cm³/mol. The molecular formula is C18H21NO2. The fourth-order valence-corrected chi connectivity index (χ4v) is 2.26. The van der Waals surface area contributed by atoms with Gasteiger partial charge in [0.15, 0.2) is 0 Å². The van der Waals surface area contributed by atoms with Gasteiger partial charge >= 0.3 is 0 Å². The Kier molecular flexibility index (Phi) is 4.99. The predicted octanol–water partition coefficient (Wildman–Crippen LogP) is 3.67. The normalized spacial score (nSPS) is 10.2. The van der Waals surface area contributed by atoms with E-state index in [4.69, 9.17) is 4.74 Å². The number of carbonyl (C=O) groups is 1. The molecule has 0 fully saturated rings. The van der Waals surface area contributed by atoms with E-state index in [2.05, 4.69) is 0 Å². The molecule has 0 aliphatic heterocycles. The molecule has 0 heterocycles. The number of aryl methyl sites for hydroxylation is 1. The maximum Gasteiger partial charge on any atom is 0.254 e. The first-order valence-electron chi connectivity index (χ1n) is 7.13. The van der Waals surface area contributed by atoms with Crippen LogP contribution in [0.5, 0.6) is 5.75 Å². The van der Waals surface area contributed by atoms with Crippen molar-refractivity contribution in [1.29, 1.82) is 0 Å². The third-order valence-corrected chi connectivity index (χ3v) is 3.58. The van der Waals surface area contributed by atoms with Gasteiger partial charge in [-0.3, -0.25) is 4.79 Å². The average molecular weight is 283 g/mol. The van der Waals surface area contributed by atoms with Crippen LogP contribution in [-0.2, 0) is 6.54 Å². The van der Waals surface area contributed by atoms with E-state index in [0.717, 1.165) is 22.4 Å². The minimum atomic E-state index is 0.0754. The van der Waals surface area contributed by atoms with E-state index in [-0.39, 0.29) is 5.91 Å². The van der Waals surface area contributed by atoms with Gasteiger partial charge in [0.1, 0.15) is 5.75 Å². The molecule has 2 aromatic carbocycles. The maximum atomic E-state index is 12.6. The Morgan fingerprint density at radius 1 is 1.10 bits per heavy atom. The zero-order valence-corrected chi connectivity index (χ0v) is 12.8. The molecule has 0 radical (unpaired) electrons. The van der Waals surface area contributed by atoms with Gasteiger partial charge in [0, 0.05) is 18.7 Å². The molecule has 0 N–H and O–H groups in total. The summed E-state index contributed by atoms with van der Waals surface area (Å²) in [5, 5.41) is 0. The van der Waals surface area contributed by atoms with Crippen molar-refractivity contribution in [3.05, 3.63) is 65.2 Å². The quantitative estimate of drug-likeness (QED) is 0.838. The van der Waals surface area contributed by atoms with Crippen molar-refractivity contribution in [3.8, 4) is 5.75 Å². The highest BCUT2D eigenvalue weighted by atomic mass is 16.5. The molecule has 3 heteroatoms. The molecule has 3 nitrogen and oxygen atoms in total. The standard InChI is InChI=1S/C18H21NO2/c1-4-19(13-15-9-11-16(21-3)12-10-15)18(20)17-8-6-5-7-14(17)2/h5-12H,4,13H2,1-3H3. The maximum absolute atomic E-state index is 12.6. The summed E-state index contributed by atoms with van der Waals surface area (Å²) >= 11 is 0. The number of benzene rings is 2. The van der Waals surface area contributed by atoms with E-state index in [1.807, 2.05) is 67.3 Å². The number of amides is 1. The molecule has 110 valence electrons. The van der Waals surface area contributed by atoms with Crippen LogP contribution >= 0.6 is 0 Å². The molecule has 0 atom stereocenters. The fraction of sp³-hybridized carbons (Fsp3) is 0.278. The SMILES string of the molecule is CCN(Cc1ccc(OC)cc1)C(=O)c1ccccc1C. The molecule has 0 saturated heterocycles. The van der Waals surface area contributed by atoms with Gasteiger partial charge in [0.25, 0.3) is 5.91 Å². The summed E-state index contributed by atoms with van der Waals surface area (Å²) in [5.74, 6) is 0.901. The monoisotopic (exact) mass is 283 g/mol. The smallest absolute Gasteiger partial charge is 0.254 e. The van der Waals surface area contributed by atoms with E-state index >= 15 is 0 Å². The minimum absolute atomic E-state index is 0.0754. The number of hydrogen-bond donors (Lipinski definition) is 0. The Balaban J connectivity index is 2.15. The Bertz CT molecular complexity index is 605. The van der Waals surface area contributed by atoms with E-state index < -0.39 is 0 Å². The average Bonchev–Trinajstić information content (AvgIpc) is 2.53. The van der Waals surface area contributed by atoms with Gasteiger partial charge in [-0.1, -0.05) is 30.3 Å². The topological polar surface area (TPSA) is 29.5 Å². The van der Waals surface area contributed by atoms with Crippen molar-refractivity contribution >= 4 is 5.91 Å². The Morgan fingerprint density at radius 3 is 2.33 bits per heavy atom. The van der Waals surface area contributed by atoms with Gasteiger partial charge in [-0.05, 0) is 43.2 Å². The molecule has 0 bridgehead atoms. The lowest BCUT2D eigenvalue weighted by molar-refractivity contribution is 0.0752. The molecule has 0 spiro atoms. The van der Waals surface area contributed by atoms with Crippen LogP contribution in [0.4, 0.5) is 0 Å². The summed E-state index contributed by atoms with van der Waals surface area (Å²) in [6, 6.07) is 15.5. The van der Waals surface area contributed by atoms with Crippen molar-refractivity contribution < 1.29 is 9.53 Å². The van der Waals surface area contributed by atoms with Gasteiger partial charge in [0.05, 0.1) is 7.11 Å². The lowest BCUT2D eigenvalue weighted by Crippen LogP contribution is -2.30. The van der Waals surface area contributed by atoms with Gasteiger partial charge in [-0.25, -0.2) is 0 Å². The highest BCUT2D eigenvalue weighted by molar-refractivity contribution is 5.95. The van der Waals surface area contributed by atoms with Crippen LogP contribution in [0.25, 0.3) is 0 Å². The van der Waals surface area contributed by atoms with Crippen LogP contribution in [0.15, 0.2) is 48.5 Å². The highest BCUT2D eigenvalue weighted by Gasteiger charge is 2.16. The third-order valence-electron chi connectivity index (χ3n) is 3.58. The van der Waals surface area contributed by atoms with Crippen molar-refractivity contribution in [2.75, 3.05) is 13.7 Å². The van der Waals surface area contributed by atoms with Crippen LogP contribution in [0.3, 0.4) is 0 Å². The summed E-state index contributed by atoms with van der Waals surface area (Å²) in [7, 11) is 1.65. The fourth-order valence-electron chi connectivity index (χ4n) is 2.26. The summed E-state index contributed by atoms with van der Waals surface area (Å²) in [4.78, 5) is 14.5. The molecule has 1 amide bonds. The second-order valence-corrected chi connectivity index (χ2v) is 4.98. The largest absolute Gasteiger partial charge is 0.497 e. The molecular weight excluding hydrogens is 262 g/mol. The lowest BCUT2D eigenvalue weighted by atomic mass is 10.1. The van der Waals surface area contributed by atoms with Crippen molar-refractivity contribution in [2.45, 2.75) is 20.4 Å². The number of methoxy groups -OCH3 is 1. The van der Waals surface area contributed by atoms with E-state index in [1.165, 1.54) is 0 Å². The number of rotatable bonds is 5. The Morgan fingerprint density at radius 2 is 1.76 bits per heavy atom. The van der Waals surface area contributed by atoms with Crippen LogP contribution < -0.4 is 4.74 Å². The number of ether oxygens (including phenoxy) is 1. The van der Waals surface area contributed by atoms with E-state index in [9.17, 15) is 4.79 Å². The zero-order chi connectivity index (χ0) is 15.2. The Hall–Kier alpha value is -2.29. The zero-order valence-electron chi connectivity index (χ0n) is 12.8. The second-order valence-electron chi connectivity index (χ2n) is 4.98.